The second-order valence-corrected chi connectivity index (χ2v) is 5.71. The van der Waals surface area contributed by atoms with Crippen LogP contribution in [0.1, 0.15) is 23.3 Å². The van der Waals surface area contributed by atoms with Gasteiger partial charge in [-0.1, -0.05) is 0 Å². The van der Waals surface area contributed by atoms with Crippen LogP contribution in [-0.2, 0) is 7.05 Å². The van der Waals surface area contributed by atoms with Gasteiger partial charge in [0.2, 0.25) is 0 Å². The number of carbonyl (C=O) groups excluding carboxylic acids is 1. The minimum atomic E-state index is -0.614. The minimum Gasteiger partial charge on any atom is -0.486 e. The van der Waals surface area contributed by atoms with Gasteiger partial charge in [0.15, 0.2) is 0 Å². The molecular formula is C16H20N4O3. The number of nitrogens with zero attached hydrogens (tertiary/aromatic N) is 4. The molecule has 1 aliphatic rings. The predicted molar refractivity (Wildman–Crippen MR) is 83.0 cm³/mol. The van der Waals surface area contributed by atoms with E-state index in [1.54, 1.807) is 46.5 Å². The van der Waals surface area contributed by atoms with Gasteiger partial charge in [0, 0.05) is 39.0 Å². The molecule has 0 radical (unpaired) electrons. The van der Waals surface area contributed by atoms with Crippen LogP contribution in [-0.4, -0.2) is 55.7 Å². The Hall–Kier alpha value is -2.41. The standard InChI is InChI=1S/C16H20N4O3/c1-19-10-13(18-11-19)16(22)20-7-4-14(21)15(5-8-20)23-12-3-2-6-17-9-12/h2-3,6,9-11,14-15,21H,4-5,7-8H2,1H3/t14-,15-/m0/s1. The van der Waals surface area contributed by atoms with Crippen molar-refractivity contribution in [2.75, 3.05) is 13.1 Å². The Labute approximate surface area is 134 Å². The van der Waals surface area contributed by atoms with E-state index in [1.807, 2.05) is 7.05 Å². The highest BCUT2D eigenvalue weighted by atomic mass is 16.5. The third-order valence-corrected chi connectivity index (χ3v) is 3.94. The molecule has 0 aliphatic carbocycles. The third-order valence-electron chi connectivity index (χ3n) is 3.94. The molecule has 1 amide bonds. The maximum Gasteiger partial charge on any atom is 0.274 e. The summed E-state index contributed by atoms with van der Waals surface area (Å²) in [6.45, 7) is 1.01. The summed E-state index contributed by atoms with van der Waals surface area (Å²) in [6.07, 6.45) is 6.68. The predicted octanol–water partition coefficient (Wildman–Crippen LogP) is 0.860. The topological polar surface area (TPSA) is 80.5 Å². The quantitative estimate of drug-likeness (QED) is 0.908. The number of likely N-dealkylation sites (tertiary alicyclic amines) is 1. The second-order valence-electron chi connectivity index (χ2n) is 5.71. The smallest absolute Gasteiger partial charge is 0.274 e. The van der Waals surface area contributed by atoms with Crippen molar-refractivity contribution in [2.45, 2.75) is 25.0 Å². The molecule has 1 fully saturated rings. The van der Waals surface area contributed by atoms with Gasteiger partial charge in [-0.05, 0) is 18.6 Å². The lowest BCUT2D eigenvalue weighted by molar-refractivity contribution is 0.0348. The second kappa shape index (κ2) is 6.78. The largest absolute Gasteiger partial charge is 0.486 e. The molecule has 2 aromatic heterocycles. The van der Waals surface area contributed by atoms with Gasteiger partial charge in [0.1, 0.15) is 17.5 Å². The highest BCUT2D eigenvalue weighted by Gasteiger charge is 2.29. The van der Waals surface area contributed by atoms with Gasteiger partial charge in [-0.2, -0.15) is 0 Å². The summed E-state index contributed by atoms with van der Waals surface area (Å²) in [6, 6.07) is 3.59. The number of carbonyl (C=O) groups is 1. The van der Waals surface area contributed by atoms with E-state index in [-0.39, 0.29) is 12.0 Å². The van der Waals surface area contributed by atoms with Gasteiger partial charge < -0.3 is 19.3 Å². The zero-order valence-corrected chi connectivity index (χ0v) is 13.0. The first-order chi connectivity index (χ1) is 11.1. The molecule has 7 heteroatoms. The molecule has 122 valence electrons. The van der Waals surface area contributed by atoms with Crippen molar-refractivity contribution in [3.8, 4) is 5.75 Å². The Morgan fingerprint density at radius 3 is 2.91 bits per heavy atom. The molecule has 2 atom stereocenters. The minimum absolute atomic E-state index is 0.111. The van der Waals surface area contributed by atoms with E-state index < -0.39 is 6.10 Å². The molecule has 0 unspecified atom stereocenters. The average Bonchev–Trinajstić information content (AvgIpc) is 2.92. The number of pyridine rings is 1. The van der Waals surface area contributed by atoms with Crippen LogP contribution in [0.15, 0.2) is 37.1 Å². The van der Waals surface area contributed by atoms with Gasteiger partial charge >= 0.3 is 0 Å². The molecule has 1 saturated heterocycles. The monoisotopic (exact) mass is 316 g/mol. The van der Waals surface area contributed by atoms with E-state index in [0.29, 0.717) is 37.4 Å². The molecule has 0 aromatic carbocycles. The van der Waals surface area contributed by atoms with Crippen molar-refractivity contribution in [3.05, 3.63) is 42.7 Å². The van der Waals surface area contributed by atoms with Crippen molar-refractivity contribution in [1.82, 2.24) is 19.4 Å². The van der Waals surface area contributed by atoms with Crippen molar-refractivity contribution >= 4 is 5.91 Å². The lowest BCUT2D eigenvalue weighted by Crippen LogP contribution is -2.32. The van der Waals surface area contributed by atoms with Gasteiger partial charge in [-0.25, -0.2) is 4.98 Å². The van der Waals surface area contributed by atoms with Crippen molar-refractivity contribution < 1.29 is 14.6 Å². The summed E-state index contributed by atoms with van der Waals surface area (Å²) in [5.41, 5.74) is 0.425. The highest BCUT2D eigenvalue weighted by Crippen LogP contribution is 2.19. The number of rotatable bonds is 3. The summed E-state index contributed by atoms with van der Waals surface area (Å²) >= 11 is 0. The fourth-order valence-electron chi connectivity index (χ4n) is 2.68. The van der Waals surface area contributed by atoms with Crippen LogP contribution < -0.4 is 4.74 Å². The normalized spacial score (nSPS) is 21.7. The number of hydrogen-bond acceptors (Lipinski definition) is 5. The van der Waals surface area contributed by atoms with Gasteiger partial charge in [-0.3, -0.25) is 9.78 Å². The summed E-state index contributed by atoms with van der Waals surface area (Å²) in [5, 5.41) is 10.3. The third kappa shape index (κ3) is 3.68. The molecule has 1 aliphatic heterocycles. The number of aliphatic hydroxyl groups excluding tert-OH is 1. The first kappa shape index (κ1) is 15.5. The van der Waals surface area contributed by atoms with E-state index in [0.717, 1.165) is 0 Å². The molecule has 7 nitrogen and oxygen atoms in total. The first-order valence-electron chi connectivity index (χ1n) is 7.65. The SMILES string of the molecule is Cn1cnc(C(=O)N2CC[C@H](Oc3cccnc3)[C@@H](O)CC2)c1. The zero-order valence-electron chi connectivity index (χ0n) is 13.0. The Bertz CT molecular complexity index is 658. The van der Waals surface area contributed by atoms with Crippen molar-refractivity contribution in [2.24, 2.45) is 7.05 Å². The zero-order chi connectivity index (χ0) is 16.2. The van der Waals surface area contributed by atoms with E-state index in [1.165, 1.54) is 0 Å². The van der Waals surface area contributed by atoms with E-state index in [2.05, 4.69) is 9.97 Å². The van der Waals surface area contributed by atoms with Crippen LogP contribution in [0.4, 0.5) is 0 Å². The van der Waals surface area contributed by atoms with Crippen molar-refractivity contribution in [1.29, 1.82) is 0 Å². The molecule has 0 saturated carbocycles. The Balaban J connectivity index is 1.64. The maximum absolute atomic E-state index is 12.5. The number of imidazole rings is 1. The lowest BCUT2D eigenvalue weighted by Gasteiger charge is -2.21. The molecule has 0 bridgehead atoms. The maximum atomic E-state index is 12.5. The average molecular weight is 316 g/mol. The van der Waals surface area contributed by atoms with Crippen LogP contribution in [0, 0.1) is 0 Å². The number of aliphatic hydroxyl groups is 1. The number of aryl methyl sites for hydroxylation is 1. The van der Waals surface area contributed by atoms with Gasteiger partial charge in [-0.15, -0.1) is 0 Å². The first-order valence-corrected chi connectivity index (χ1v) is 7.65. The van der Waals surface area contributed by atoms with Gasteiger partial charge in [0.25, 0.3) is 5.91 Å². The Kier molecular flexibility index (Phi) is 4.57. The Morgan fingerprint density at radius 1 is 1.39 bits per heavy atom. The molecule has 3 heterocycles. The number of hydrogen-bond donors (Lipinski definition) is 1. The fraction of sp³-hybridized carbons (Fsp3) is 0.438. The van der Waals surface area contributed by atoms with Crippen LogP contribution in [0.25, 0.3) is 0 Å². The van der Waals surface area contributed by atoms with Crippen LogP contribution in [0.3, 0.4) is 0 Å². The molecule has 3 rings (SSSR count). The summed E-state index contributed by atoms with van der Waals surface area (Å²) in [5.74, 6) is 0.515. The molecule has 1 N–H and O–H groups in total. The van der Waals surface area contributed by atoms with Gasteiger partial charge in [0.05, 0.1) is 18.6 Å². The molecule has 23 heavy (non-hydrogen) atoms. The summed E-state index contributed by atoms with van der Waals surface area (Å²) in [7, 11) is 1.83. The number of ether oxygens (including phenoxy) is 1. The van der Waals surface area contributed by atoms with E-state index >= 15 is 0 Å². The molecule has 0 spiro atoms. The van der Waals surface area contributed by atoms with Crippen molar-refractivity contribution in [3.63, 3.8) is 0 Å². The molecular weight excluding hydrogens is 296 g/mol. The van der Waals surface area contributed by atoms with E-state index in [4.69, 9.17) is 4.74 Å². The summed E-state index contributed by atoms with van der Waals surface area (Å²) < 4.78 is 7.56. The summed E-state index contributed by atoms with van der Waals surface area (Å²) in [4.78, 5) is 22.3. The lowest BCUT2D eigenvalue weighted by atomic mass is 10.1. The van der Waals surface area contributed by atoms with E-state index in [9.17, 15) is 9.90 Å². The fourth-order valence-corrected chi connectivity index (χ4v) is 2.68. The highest BCUT2D eigenvalue weighted by molar-refractivity contribution is 5.92. The number of amides is 1. The van der Waals surface area contributed by atoms with Crippen LogP contribution in [0.5, 0.6) is 5.75 Å². The van der Waals surface area contributed by atoms with Crippen LogP contribution in [0.2, 0.25) is 0 Å². The molecule has 2 aromatic rings. The van der Waals surface area contributed by atoms with Crippen LogP contribution >= 0.6 is 0 Å². The Morgan fingerprint density at radius 2 is 2.22 bits per heavy atom. The number of aromatic nitrogens is 3.